The van der Waals surface area contributed by atoms with Gasteiger partial charge in [-0.1, -0.05) is 18.2 Å². The topological polar surface area (TPSA) is 26.3 Å². The lowest BCUT2D eigenvalue weighted by molar-refractivity contribution is -0.0622. The molecule has 136 valence electrons. The molecule has 2 aromatic rings. The molecular formula is C24H28O2. The van der Waals surface area contributed by atoms with Crippen molar-refractivity contribution in [3.8, 4) is 5.75 Å². The van der Waals surface area contributed by atoms with E-state index in [-0.39, 0.29) is 5.78 Å². The Morgan fingerprint density at radius 3 is 2.23 bits per heavy atom. The number of benzene rings is 2. The van der Waals surface area contributed by atoms with Gasteiger partial charge in [-0.3, -0.25) is 4.79 Å². The van der Waals surface area contributed by atoms with E-state index in [2.05, 4.69) is 12.1 Å². The molecule has 0 radical (unpaired) electrons. The summed E-state index contributed by atoms with van der Waals surface area (Å²) in [5.74, 6) is 4.10. The van der Waals surface area contributed by atoms with Gasteiger partial charge in [0.15, 0.2) is 5.78 Å². The molecule has 6 rings (SSSR count). The van der Waals surface area contributed by atoms with E-state index < -0.39 is 0 Å². The Hall–Kier alpha value is -1.83. The maximum atomic E-state index is 11.5. The smallest absolute Gasteiger partial charge is 0.159 e. The van der Waals surface area contributed by atoms with Crippen LogP contribution in [0.4, 0.5) is 0 Å². The number of carbonyl (C=O) groups excluding carboxylic acids is 1. The number of ketones is 1. The van der Waals surface area contributed by atoms with E-state index in [1.54, 1.807) is 6.92 Å². The Morgan fingerprint density at radius 2 is 1.58 bits per heavy atom. The lowest BCUT2D eigenvalue weighted by Gasteiger charge is -2.57. The summed E-state index contributed by atoms with van der Waals surface area (Å²) in [6, 6.07) is 12.1. The van der Waals surface area contributed by atoms with Gasteiger partial charge in [-0.05, 0) is 104 Å². The van der Waals surface area contributed by atoms with E-state index in [9.17, 15) is 4.79 Å². The van der Waals surface area contributed by atoms with E-state index in [1.807, 2.05) is 24.3 Å². The van der Waals surface area contributed by atoms with Crippen LogP contribution in [0, 0.1) is 23.2 Å². The van der Waals surface area contributed by atoms with Crippen LogP contribution < -0.4 is 4.74 Å². The maximum absolute atomic E-state index is 11.5. The number of ether oxygens (including phenoxy) is 1. The Balaban J connectivity index is 1.26. The fraction of sp³-hybridized carbons (Fsp3) is 0.542. The largest absolute Gasteiger partial charge is 0.494 e. The van der Waals surface area contributed by atoms with Gasteiger partial charge in [-0.15, -0.1) is 0 Å². The van der Waals surface area contributed by atoms with Crippen molar-refractivity contribution < 1.29 is 9.53 Å². The third-order valence-electron chi connectivity index (χ3n) is 7.28. The van der Waals surface area contributed by atoms with E-state index in [1.165, 1.54) is 44.9 Å². The molecule has 0 atom stereocenters. The molecule has 0 amide bonds. The third-order valence-corrected chi connectivity index (χ3v) is 7.28. The Morgan fingerprint density at radius 1 is 0.962 bits per heavy atom. The molecule has 4 bridgehead atoms. The molecule has 26 heavy (non-hydrogen) atoms. The lowest BCUT2D eigenvalue weighted by Crippen LogP contribution is -2.46. The molecule has 2 aromatic carbocycles. The molecule has 0 N–H and O–H groups in total. The van der Waals surface area contributed by atoms with Crippen LogP contribution in [-0.2, 0) is 0 Å². The van der Waals surface area contributed by atoms with Crippen LogP contribution in [0.2, 0.25) is 0 Å². The summed E-state index contributed by atoms with van der Waals surface area (Å²) in [5.41, 5.74) is 1.36. The number of hydrogen-bond acceptors (Lipinski definition) is 2. The van der Waals surface area contributed by atoms with Crippen LogP contribution >= 0.6 is 0 Å². The number of rotatable bonds is 5. The zero-order chi connectivity index (χ0) is 17.7. The van der Waals surface area contributed by atoms with Gasteiger partial charge < -0.3 is 4.74 Å². The van der Waals surface area contributed by atoms with E-state index in [0.717, 1.165) is 46.4 Å². The zero-order valence-corrected chi connectivity index (χ0v) is 15.7. The minimum absolute atomic E-state index is 0.114. The first kappa shape index (κ1) is 16.4. The van der Waals surface area contributed by atoms with Crippen molar-refractivity contribution >= 4 is 16.6 Å². The van der Waals surface area contributed by atoms with Crippen LogP contribution in [0.1, 0.15) is 62.2 Å². The van der Waals surface area contributed by atoms with Crippen molar-refractivity contribution in [3.05, 3.63) is 42.0 Å². The molecule has 0 unspecified atom stereocenters. The Labute approximate surface area is 155 Å². The summed E-state index contributed by atoms with van der Waals surface area (Å²) in [6.45, 7) is 2.45. The summed E-state index contributed by atoms with van der Waals surface area (Å²) in [7, 11) is 0. The predicted molar refractivity (Wildman–Crippen MR) is 105 cm³/mol. The van der Waals surface area contributed by atoms with Crippen LogP contribution in [0.15, 0.2) is 36.4 Å². The zero-order valence-electron chi connectivity index (χ0n) is 15.7. The Kier molecular flexibility index (Phi) is 3.84. The van der Waals surface area contributed by atoms with Crippen LogP contribution in [0.25, 0.3) is 10.8 Å². The van der Waals surface area contributed by atoms with Gasteiger partial charge in [0.25, 0.3) is 0 Å². The van der Waals surface area contributed by atoms with Crippen LogP contribution in [0.3, 0.4) is 0 Å². The quantitative estimate of drug-likeness (QED) is 0.617. The summed E-state index contributed by atoms with van der Waals surface area (Å²) in [5, 5.41) is 2.24. The fourth-order valence-electron chi connectivity index (χ4n) is 6.51. The first-order chi connectivity index (χ1) is 12.6. The average molecular weight is 348 g/mol. The highest BCUT2D eigenvalue weighted by atomic mass is 16.5. The molecule has 2 heteroatoms. The minimum Gasteiger partial charge on any atom is -0.494 e. The monoisotopic (exact) mass is 348 g/mol. The summed E-state index contributed by atoms with van der Waals surface area (Å²) in [6.07, 6.45) is 10.1. The van der Waals surface area contributed by atoms with Crippen molar-refractivity contribution in [2.45, 2.75) is 51.9 Å². The van der Waals surface area contributed by atoms with Crippen molar-refractivity contribution in [2.75, 3.05) is 6.61 Å². The lowest BCUT2D eigenvalue weighted by atomic mass is 9.49. The molecule has 0 aliphatic heterocycles. The molecule has 4 aliphatic rings. The number of hydrogen-bond donors (Lipinski definition) is 0. The molecule has 4 saturated carbocycles. The molecular weight excluding hydrogens is 320 g/mol. The number of fused-ring (bicyclic) bond motifs is 1. The molecule has 0 spiro atoms. The van der Waals surface area contributed by atoms with Crippen LogP contribution in [-0.4, -0.2) is 12.4 Å². The standard InChI is InChI=1S/C24H28O2/c1-16(25)20-2-3-22-12-23(5-4-21(22)11-20)26-7-6-24-13-17-8-18(14-24)10-19(9-17)15-24/h2-5,11-12,17-19H,6-10,13-15H2,1H3. The summed E-state index contributed by atoms with van der Waals surface area (Å²) in [4.78, 5) is 11.5. The fourth-order valence-corrected chi connectivity index (χ4v) is 6.51. The van der Waals surface area contributed by atoms with Crippen molar-refractivity contribution in [1.29, 1.82) is 0 Å². The third kappa shape index (κ3) is 2.94. The summed E-state index contributed by atoms with van der Waals surface area (Å²) >= 11 is 0. The SMILES string of the molecule is CC(=O)c1ccc2cc(OCCC34CC5CC(CC(C5)C3)C4)ccc2c1. The molecule has 0 saturated heterocycles. The predicted octanol–water partition coefficient (Wildman–Crippen LogP) is 6.03. The summed E-state index contributed by atoms with van der Waals surface area (Å²) < 4.78 is 6.16. The highest BCUT2D eigenvalue weighted by molar-refractivity contribution is 5.98. The first-order valence-corrected chi connectivity index (χ1v) is 10.3. The highest BCUT2D eigenvalue weighted by Crippen LogP contribution is 2.61. The van der Waals surface area contributed by atoms with Gasteiger partial charge in [-0.25, -0.2) is 0 Å². The van der Waals surface area contributed by atoms with Crippen molar-refractivity contribution in [1.82, 2.24) is 0 Å². The van der Waals surface area contributed by atoms with E-state index in [4.69, 9.17) is 4.74 Å². The average Bonchev–Trinajstić information content (AvgIpc) is 2.60. The maximum Gasteiger partial charge on any atom is 0.159 e. The first-order valence-electron chi connectivity index (χ1n) is 10.3. The van der Waals surface area contributed by atoms with Crippen molar-refractivity contribution in [3.63, 3.8) is 0 Å². The second kappa shape index (κ2) is 6.11. The van der Waals surface area contributed by atoms with Gasteiger partial charge in [-0.2, -0.15) is 0 Å². The Bertz CT molecular complexity index is 815. The van der Waals surface area contributed by atoms with Gasteiger partial charge in [0.2, 0.25) is 0 Å². The normalized spacial score (nSPS) is 32.1. The molecule has 2 nitrogen and oxygen atoms in total. The second-order valence-electron chi connectivity index (χ2n) is 9.30. The van der Waals surface area contributed by atoms with Gasteiger partial charge >= 0.3 is 0 Å². The molecule has 0 aromatic heterocycles. The van der Waals surface area contributed by atoms with E-state index >= 15 is 0 Å². The molecule has 4 fully saturated rings. The van der Waals surface area contributed by atoms with Gasteiger partial charge in [0.05, 0.1) is 6.61 Å². The number of Topliss-reactive ketones (excluding diaryl/α,β-unsaturated/α-hetero) is 1. The molecule has 0 heterocycles. The van der Waals surface area contributed by atoms with Gasteiger partial charge in [0.1, 0.15) is 5.75 Å². The second-order valence-corrected chi connectivity index (χ2v) is 9.30. The highest BCUT2D eigenvalue weighted by Gasteiger charge is 2.50. The minimum atomic E-state index is 0.114. The van der Waals surface area contributed by atoms with E-state index in [0.29, 0.717) is 5.41 Å². The van der Waals surface area contributed by atoms with Gasteiger partial charge in [0, 0.05) is 5.56 Å². The number of carbonyl (C=O) groups is 1. The van der Waals surface area contributed by atoms with Crippen LogP contribution in [0.5, 0.6) is 5.75 Å². The van der Waals surface area contributed by atoms with Crippen molar-refractivity contribution in [2.24, 2.45) is 23.2 Å². The molecule has 4 aliphatic carbocycles.